The minimum absolute atomic E-state index is 0.00799. The van der Waals surface area contributed by atoms with Crippen LogP contribution in [0.5, 0.6) is 0 Å². The van der Waals surface area contributed by atoms with Crippen LogP contribution in [0.15, 0.2) is 48.5 Å². The van der Waals surface area contributed by atoms with Gasteiger partial charge < -0.3 is 14.7 Å². The van der Waals surface area contributed by atoms with Gasteiger partial charge in [-0.2, -0.15) is 0 Å². The summed E-state index contributed by atoms with van der Waals surface area (Å²) in [5, 5.41) is 9.28. The molecule has 1 unspecified atom stereocenters. The molecule has 29 heavy (non-hydrogen) atoms. The van der Waals surface area contributed by atoms with Crippen LogP contribution in [0, 0.1) is 5.41 Å². The summed E-state index contributed by atoms with van der Waals surface area (Å²) in [4.78, 5) is 25.9. The van der Waals surface area contributed by atoms with Crippen molar-refractivity contribution in [3.63, 3.8) is 0 Å². The molecule has 0 bridgehead atoms. The SMILES string of the molecule is O=C(O)CC1CC2(CCC2)CN1C(=O)OCC1c2ccccc2-c2ccccc21. The zero-order chi connectivity index (χ0) is 20.0. The first-order valence-corrected chi connectivity index (χ1v) is 10.4. The van der Waals surface area contributed by atoms with Gasteiger partial charge in [-0.25, -0.2) is 4.79 Å². The molecular weight excluding hydrogens is 366 g/mol. The first-order valence-electron chi connectivity index (χ1n) is 10.4. The van der Waals surface area contributed by atoms with Crippen LogP contribution in [0.4, 0.5) is 4.79 Å². The predicted octanol–water partition coefficient (Wildman–Crippen LogP) is 4.65. The molecule has 1 saturated heterocycles. The Morgan fingerprint density at radius 3 is 2.21 bits per heavy atom. The van der Waals surface area contributed by atoms with E-state index in [-0.39, 0.29) is 36.5 Å². The number of carboxylic acid groups (broad SMARTS) is 1. The van der Waals surface area contributed by atoms with Crippen LogP contribution in [0.1, 0.15) is 49.1 Å². The molecule has 0 aromatic heterocycles. The maximum atomic E-state index is 13.0. The summed E-state index contributed by atoms with van der Waals surface area (Å²) in [6.45, 7) is 0.901. The van der Waals surface area contributed by atoms with Gasteiger partial charge in [-0.05, 0) is 46.9 Å². The topological polar surface area (TPSA) is 66.8 Å². The number of hydrogen-bond acceptors (Lipinski definition) is 3. The number of rotatable bonds is 4. The summed E-state index contributed by atoms with van der Waals surface area (Å²) >= 11 is 0. The van der Waals surface area contributed by atoms with E-state index in [1.807, 2.05) is 24.3 Å². The number of ether oxygens (including phenoxy) is 1. The van der Waals surface area contributed by atoms with E-state index < -0.39 is 5.97 Å². The molecule has 2 aromatic rings. The molecule has 2 aromatic carbocycles. The molecule has 2 aliphatic carbocycles. The second kappa shape index (κ2) is 6.90. The molecule has 3 aliphatic rings. The van der Waals surface area contributed by atoms with Crippen LogP contribution in [0.2, 0.25) is 0 Å². The van der Waals surface area contributed by atoms with E-state index in [1.165, 1.54) is 28.7 Å². The van der Waals surface area contributed by atoms with Crippen LogP contribution < -0.4 is 0 Å². The maximum absolute atomic E-state index is 13.0. The van der Waals surface area contributed by atoms with E-state index in [4.69, 9.17) is 4.74 Å². The molecule has 5 rings (SSSR count). The van der Waals surface area contributed by atoms with Crippen molar-refractivity contribution in [2.24, 2.45) is 5.41 Å². The fraction of sp³-hybridized carbons (Fsp3) is 0.417. The summed E-state index contributed by atoms with van der Waals surface area (Å²) in [6.07, 6.45) is 3.72. The van der Waals surface area contributed by atoms with Crippen molar-refractivity contribution in [2.75, 3.05) is 13.2 Å². The first kappa shape index (κ1) is 18.2. The Morgan fingerprint density at radius 1 is 1.03 bits per heavy atom. The van der Waals surface area contributed by atoms with Crippen molar-refractivity contribution >= 4 is 12.1 Å². The van der Waals surface area contributed by atoms with Gasteiger partial charge >= 0.3 is 12.1 Å². The highest BCUT2D eigenvalue weighted by Gasteiger charge is 2.50. The lowest BCUT2D eigenvalue weighted by Gasteiger charge is -2.37. The van der Waals surface area contributed by atoms with Crippen LogP contribution in [0.25, 0.3) is 11.1 Å². The van der Waals surface area contributed by atoms with Crippen LogP contribution in [0.3, 0.4) is 0 Å². The van der Waals surface area contributed by atoms with Crippen molar-refractivity contribution < 1.29 is 19.4 Å². The number of nitrogens with zero attached hydrogens (tertiary/aromatic N) is 1. The number of amides is 1. The van der Waals surface area contributed by atoms with Gasteiger partial charge in [0.25, 0.3) is 0 Å². The highest BCUT2D eigenvalue weighted by atomic mass is 16.6. The zero-order valence-corrected chi connectivity index (χ0v) is 16.3. The van der Waals surface area contributed by atoms with E-state index in [1.54, 1.807) is 4.90 Å². The van der Waals surface area contributed by atoms with Crippen molar-refractivity contribution in [1.29, 1.82) is 0 Å². The molecule has 1 atom stereocenters. The predicted molar refractivity (Wildman–Crippen MR) is 109 cm³/mol. The molecule has 1 spiro atoms. The fourth-order valence-electron chi connectivity index (χ4n) is 5.48. The number of carbonyl (C=O) groups is 2. The van der Waals surface area contributed by atoms with Gasteiger partial charge in [0.2, 0.25) is 0 Å². The minimum atomic E-state index is -0.858. The molecule has 0 radical (unpaired) electrons. The van der Waals surface area contributed by atoms with Crippen LogP contribution >= 0.6 is 0 Å². The molecule has 5 nitrogen and oxygen atoms in total. The Balaban J connectivity index is 1.33. The number of aliphatic carboxylic acids is 1. The van der Waals surface area contributed by atoms with Gasteiger partial charge in [-0.1, -0.05) is 55.0 Å². The highest BCUT2D eigenvalue weighted by Crippen LogP contribution is 2.51. The minimum Gasteiger partial charge on any atom is -0.481 e. The van der Waals surface area contributed by atoms with Gasteiger partial charge in [0, 0.05) is 18.5 Å². The van der Waals surface area contributed by atoms with E-state index in [9.17, 15) is 14.7 Å². The van der Waals surface area contributed by atoms with Crippen LogP contribution in [-0.2, 0) is 9.53 Å². The van der Waals surface area contributed by atoms with Gasteiger partial charge in [0.15, 0.2) is 0 Å². The van der Waals surface area contributed by atoms with Crippen molar-refractivity contribution in [2.45, 2.75) is 44.1 Å². The van der Waals surface area contributed by atoms with Crippen molar-refractivity contribution in [3.8, 4) is 11.1 Å². The molecule has 150 valence electrons. The van der Waals surface area contributed by atoms with Gasteiger partial charge in [0.1, 0.15) is 6.61 Å². The monoisotopic (exact) mass is 391 g/mol. The summed E-state index contributed by atoms with van der Waals surface area (Å²) in [6, 6.07) is 16.3. The third-order valence-electron chi connectivity index (χ3n) is 7.01. The van der Waals surface area contributed by atoms with Crippen LogP contribution in [-0.4, -0.2) is 41.3 Å². The molecule has 2 fully saturated rings. The first-order chi connectivity index (χ1) is 14.1. The third kappa shape index (κ3) is 3.09. The Hall–Kier alpha value is -2.82. The lowest BCUT2D eigenvalue weighted by Crippen LogP contribution is -2.39. The zero-order valence-electron chi connectivity index (χ0n) is 16.3. The van der Waals surface area contributed by atoms with Crippen molar-refractivity contribution in [3.05, 3.63) is 59.7 Å². The smallest absolute Gasteiger partial charge is 0.410 e. The maximum Gasteiger partial charge on any atom is 0.410 e. The molecule has 1 heterocycles. The average molecular weight is 391 g/mol. The number of likely N-dealkylation sites (tertiary alicyclic amines) is 1. The Morgan fingerprint density at radius 2 is 1.66 bits per heavy atom. The number of carbonyl (C=O) groups excluding carboxylic acids is 1. The molecule has 1 aliphatic heterocycles. The van der Waals surface area contributed by atoms with E-state index in [2.05, 4.69) is 24.3 Å². The highest BCUT2D eigenvalue weighted by molar-refractivity contribution is 5.79. The van der Waals surface area contributed by atoms with Gasteiger partial charge in [0.05, 0.1) is 6.42 Å². The number of hydrogen-bond donors (Lipinski definition) is 1. The van der Waals surface area contributed by atoms with E-state index in [0.717, 1.165) is 19.3 Å². The Labute approximate surface area is 170 Å². The second-order valence-corrected chi connectivity index (χ2v) is 8.74. The second-order valence-electron chi connectivity index (χ2n) is 8.74. The summed E-state index contributed by atoms with van der Waals surface area (Å²) in [5.41, 5.74) is 4.87. The molecule has 5 heteroatoms. The number of fused-ring (bicyclic) bond motifs is 3. The quantitative estimate of drug-likeness (QED) is 0.823. The summed E-state index contributed by atoms with van der Waals surface area (Å²) in [7, 11) is 0. The third-order valence-corrected chi connectivity index (χ3v) is 7.01. The normalized spacial score (nSPS) is 21.5. The van der Waals surface area contributed by atoms with Gasteiger partial charge in [-0.15, -0.1) is 0 Å². The molecule has 1 amide bonds. The van der Waals surface area contributed by atoms with E-state index >= 15 is 0 Å². The lowest BCUT2D eigenvalue weighted by molar-refractivity contribution is -0.138. The Bertz CT molecular complexity index is 919. The number of benzene rings is 2. The lowest BCUT2D eigenvalue weighted by atomic mass is 9.67. The standard InChI is InChI=1S/C24H25NO4/c26-22(27)12-16-13-24(10-5-11-24)15-25(16)23(28)29-14-21-19-8-3-1-6-17(19)18-7-2-4-9-20(18)21/h1-4,6-9,16,21H,5,10-15H2,(H,26,27). The van der Waals surface area contributed by atoms with Gasteiger partial charge in [-0.3, -0.25) is 4.79 Å². The molecular formula is C24H25NO4. The van der Waals surface area contributed by atoms with E-state index in [0.29, 0.717) is 6.54 Å². The van der Waals surface area contributed by atoms with Crippen molar-refractivity contribution in [1.82, 2.24) is 4.90 Å². The fourth-order valence-corrected chi connectivity index (χ4v) is 5.48. The summed E-state index contributed by atoms with van der Waals surface area (Å²) < 4.78 is 5.79. The molecule has 1 saturated carbocycles. The summed E-state index contributed by atoms with van der Waals surface area (Å²) in [5.74, 6) is -0.840. The average Bonchev–Trinajstić information content (AvgIpc) is 3.22. The molecule has 1 N–H and O–H groups in total. The Kier molecular flexibility index (Phi) is 4.34. The number of carboxylic acids is 1. The largest absolute Gasteiger partial charge is 0.481 e.